The minimum atomic E-state index is 0.617. The van der Waals surface area contributed by atoms with Crippen molar-refractivity contribution in [2.45, 2.75) is 57.8 Å². The number of hydrogen-bond donors (Lipinski definition) is 2. The molecular weight excluding hydrogens is 302 g/mol. The summed E-state index contributed by atoms with van der Waals surface area (Å²) in [6, 6.07) is 0. The zero-order chi connectivity index (χ0) is 12.1. The molecule has 0 saturated carbocycles. The van der Waals surface area contributed by atoms with Crippen molar-refractivity contribution in [1.29, 1.82) is 0 Å². The van der Waals surface area contributed by atoms with Crippen LogP contribution in [0, 0.1) is 0 Å². The van der Waals surface area contributed by atoms with Gasteiger partial charge in [-0.1, -0.05) is 73.1 Å². The average molecular weight is 326 g/mol. The van der Waals surface area contributed by atoms with Crippen LogP contribution in [0.5, 0.6) is 0 Å². The summed E-state index contributed by atoms with van der Waals surface area (Å²) >= 11 is 12.3. The Labute approximate surface area is 120 Å². The van der Waals surface area contributed by atoms with Gasteiger partial charge in [0.1, 0.15) is 4.32 Å². The first-order chi connectivity index (χ1) is 7.77. The molecule has 0 fully saturated rings. The van der Waals surface area contributed by atoms with E-state index in [4.69, 9.17) is 12.2 Å². The molecule has 1 nitrogen and oxygen atoms in total. The predicted octanol–water partition coefficient (Wildman–Crippen LogP) is 4.70. The number of nitrogens with one attached hydrogen (secondary N) is 1. The highest BCUT2D eigenvalue weighted by Crippen LogP contribution is 2.09. The molecule has 4 heteroatoms. The minimum absolute atomic E-state index is 0.617. The van der Waals surface area contributed by atoms with E-state index in [1.54, 1.807) is 0 Å². The third kappa shape index (κ3) is 14.7. The molecule has 0 radical (unpaired) electrons. The van der Waals surface area contributed by atoms with Crippen LogP contribution in [0.2, 0.25) is 0 Å². The van der Waals surface area contributed by atoms with Gasteiger partial charge in [-0.3, -0.25) is 0 Å². The van der Waals surface area contributed by atoms with E-state index >= 15 is 0 Å². The minimum Gasteiger partial charge on any atom is -0.371 e. The zero-order valence-electron chi connectivity index (χ0n) is 10.0. The number of hydrogen-bond acceptors (Lipinski definition) is 1. The molecule has 0 aromatic heterocycles. The van der Waals surface area contributed by atoms with Crippen LogP contribution in [0.1, 0.15) is 57.8 Å². The Morgan fingerprint density at radius 3 is 1.75 bits per heavy atom. The maximum atomic E-state index is 4.82. The Morgan fingerprint density at radius 2 is 1.31 bits per heavy atom. The van der Waals surface area contributed by atoms with Gasteiger partial charge in [0.05, 0.1) is 0 Å². The summed E-state index contributed by atoms with van der Waals surface area (Å²) in [5.74, 6) is 0. The molecule has 0 spiro atoms. The second-order valence-electron chi connectivity index (χ2n) is 4.10. The zero-order valence-corrected chi connectivity index (χ0v) is 13.3. The normalized spacial score (nSPS) is 10.4. The molecule has 0 heterocycles. The quantitative estimate of drug-likeness (QED) is 0.247. The van der Waals surface area contributed by atoms with Gasteiger partial charge < -0.3 is 5.32 Å². The van der Waals surface area contributed by atoms with Crippen molar-refractivity contribution < 1.29 is 0 Å². The molecule has 0 saturated heterocycles. The van der Waals surface area contributed by atoms with E-state index in [1.165, 1.54) is 57.8 Å². The predicted molar refractivity (Wildman–Crippen MR) is 84.9 cm³/mol. The van der Waals surface area contributed by atoms with Crippen molar-refractivity contribution >= 4 is 45.1 Å². The van der Waals surface area contributed by atoms with Gasteiger partial charge in [0, 0.05) is 11.9 Å². The summed E-state index contributed by atoms with van der Waals surface area (Å²) in [6.07, 6.45) is 12.2. The summed E-state index contributed by atoms with van der Waals surface area (Å²) in [7, 11) is 0. The molecule has 16 heavy (non-hydrogen) atoms. The molecule has 0 aliphatic heterocycles. The van der Waals surface area contributed by atoms with Crippen molar-refractivity contribution in [3.63, 3.8) is 0 Å². The van der Waals surface area contributed by atoms with E-state index < -0.39 is 0 Å². The third-order valence-electron chi connectivity index (χ3n) is 2.59. The molecule has 0 bridgehead atoms. The Kier molecular flexibility index (Phi) is 14.4. The van der Waals surface area contributed by atoms with E-state index in [1.807, 2.05) is 0 Å². The molecule has 0 rings (SSSR count). The molecule has 0 aliphatic carbocycles. The second-order valence-corrected chi connectivity index (χ2v) is 6.05. The lowest BCUT2D eigenvalue weighted by Crippen LogP contribution is -2.17. The van der Waals surface area contributed by atoms with Crippen LogP contribution in [0.4, 0.5) is 0 Å². The highest BCUT2D eigenvalue weighted by molar-refractivity contribution is 9.09. The number of halogens is 1. The molecule has 0 amide bonds. The number of unbranched alkanes of at least 4 members (excludes halogenated alkanes) is 8. The fraction of sp³-hybridized carbons (Fsp3) is 0.917. The van der Waals surface area contributed by atoms with E-state index in [9.17, 15) is 0 Å². The van der Waals surface area contributed by atoms with Crippen molar-refractivity contribution in [2.75, 3.05) is 11.9 Å². The molecular formula is C12H24BrNS2. The number of thiocarbonyl (C=S) groups is 1. The smallest absolute Gasteiger partial charge is 0.130 e. The average Bonchev–Trinajstić information content (AvgIpc) is 2.25. The van der Waals surface area contributed by atoms with Gasteiger partial charge in [0.2, 0.25) is 0 Å². The SMILES string of the molecule is S=C(S)NCCCCCCCCCCCBr. The molecule has 0 atom stereocenters. The Morgan fingerprint density at radius 1 is 0.875 bits per heavy atom. The van der Waals surface area contributed by atoms with Crippen molar-refractivity contribution in [1.82, 2.24) is 5.32 Å². The largest absolute Gasteiger partial charge is 0.371 e. The van der Waals surface area contributed by atoms with Crippen LogP contribution < -0.4 is 5.32 Å². The van der Waals surface area contributed by atoms with Crippen molar-refractivity contribution in [3.05, 3.63) is 0 Å². The van der Waals surface area contributed by atoms with Gasteiger partial charge in [-0.2, -0.15) is 0 Å². The number of thiol groups is 1. The van der Waals surface area contributed by atoms with Crippen LogP contribution in [0.25, 0.3) is 0 Å². The second kappa shape index (κ2) is 13.8. The lowest BCUT2D eigenvalue weighted by molar-refractivity contribution is 0.564. The topological polar surface area (TPSA) is 12.0 Å². The van der Waals surface area contributed by atoms with Gasteiger partial charge in [-0.25, -0.2) is 0 Å². The highest BCUT2D eigenvalue weighted by Gasteiger charge is 1.93. The maximum Gasteiger partial charge on any atom is 0.130 e. The Bertz CT molecular complexity index is 165. The van der Waals surface area contributed by atoms with Gasteiger partial charge in [0.15, 0.2) is 0 Å². The Balaban J connectivity index is 2.90. The Hall–Kier alpha value is 0.720. The van der Waals surface area contributed by atoms with Gasteiger partial charge >= 0.3 is 0 Å². The van der Waals surface area contributed by atoms with Gasteiger partial charge in [0.25, 0.3) is 0 Å². The maximum absolute atomic E-state index is 4.82. The molecule has 0 aromatic rings. The lowest BCUT2D eigenvalue weighted by atomic mass is 10.1. The first-order valence-electron chi connectivity index (χ1n) is 6.30. The van der Waals surface area contributed by atoms with E-state index in [2.05, 4.69) is 33.9 Å². The fourth-order valence-corrected chi connectivity index (χ4v) is 2.26. The van der Waals surface area contributed by atoms with E-state index in [-0.39, 0.29) is 0 Å². The van der Waals surface area contributed by atoms with Crippen LogP contribution in [-0.2, 0) is 0 Å². The summed E-state index contributed by atoms with van der Waals surface area (Å²) in [6.45, 7) is 0.980. The summed E-state index contributed by atoms with van der Waals surface area (Å²) in [4.78, 5) is 0. The third-order valence-corrected chi connectivity index (χ3v) is 3.45. The van der Waals surface area contributed by atoms with Crippen molar-refractivity contribution in [3.8, 4) is 0 Å². The van der Waals surface area contributed by atoms with E-state index in [0.717, 1.165) is 11.9 Å². The summed E-state index contributed by atoms with van der Waals surface area (Å²) < 4.78 is 0.617. The van der Waals surface area contributed by atoms with Crippen LogP contribution >= 0.6 is 40.8 Å². The van der Waals surface area contributed by atoms with Crippen LogP contribution in [-0.4, -0.2) is 16.2 Å². The fourth-order valence-electron chi connectivity index (χ4n) is 1.65. The monoisotopic (exact) mass is 325 g/mol. The number of alkyl halides is 1. The molecule has 1 N–H and O–H groups in total. The van der Waals surface area contributed by atoms with Gasteiger partial charge in [-0.15, -0.1) is 12.6 Å². The highest BCUT2D eigenvalue weighted by atomic mass is 79.9. The lowest BCUT2D eigenvalue weighted by Gasteiger charge is -2.03. The summed E-state index contributed by atoms with van der Waals surface area (Å²) in [5, 5.41) is 4.22. The standard InChI is InChI=1S/C12H24BrNS2/c13-10-8-6-4-2-1-3-5-7-9-11-14-12(15)16/h1-11H2,(H2,14,15,16). The molecule has 0 unspecified atom stereocenters. The first kappa shape index (κ1) is 16.7. The van der Waals surface area contributed by atoms with Crippen molar-refractivity contribution in [2.24, 2.45) is 0 Å². The first-order valence-corrected chi connectivity index (χ1v) is 8.28. The van der Waals surface area contributed by atoms with Gasteiger partial charge in [-0.05, 0) is 12.8 Å². The molecule has 96 valence electrons. The van der Waals surface area contributed by atoms with Crippen LogP contribution in [0.15, 0.2) is 0 Å². The molecule has 0 aliphatic rings. The number of rotatable bonds is 11. The molecule has 0 aromatic carbocycles. The van der Waals surface area contributed by atoms with E-state index in [0.29, 0.717) is 4.32 Å². The van der Waals surface area contributed by atoms with Crippen LogP contribution in [0.3, 0.4) is 0 Å². The summed E-state index contributed by atoms with van der Waals surface area (Å²) in [5.41, 5.74) is 0.